The Hall–Kier alpha value is 0.440. The van der Waals surface area contributed by atoms with Crippen molar-refractivity contribution in [1.82, 2.24) is 4.90 Å². The van der Waals surface area contributed by atoms with Crippen LogP contribution >= 0.6 is 15.9 Å². The van der Waals surface area contributed by atoms with Crippen LogP contribution in [0.2, 0.25) is 0 Å². The van der Waals surface area contributed by atoms with Gasteiger partial charge in [-0.05, 0) is 44.6 Å². The van der Waals surface area contributed by atoms with Gasteiger partial charge in [0.25, 0.3) is 0 Å². The average molecular weight is 276 g/mol. The van der Waals surface area contributed by atoms with Crippen molar-refractivity contribution in [3.05, 3.63) is 0 Å². The number of halogens is 1. The van der Waals surface area contributed by atoms with Gasteiger partial charge in [0.05, 0.1) is 0 Å². The molecule has 0 spiro atoms. The van der Waals surface area contributed by atoms with Crippen molar-refractivity contribution in [2.75, 3.05) is 18.4 Å². The Morgan fingerprint density at radius 1 is 1.27 bits per heavy atom. The summed E-state index contributed by atoms with van der Waals surface area (Å²) in [5.74, 6) is 0. The van der Waals surface area contributed by atoms with Crippen LogP contribution in [-0.2, 0) is 0 Å². The Labute approximate surface area is 104 Å². The molecule has 0 bridgehead atoms. The fourth-order valence-corrected chi connectivity index (χ4v) is 3.50. The van der Waals surface area contributed by atoms with E-state index in [-0.39, 0.29) is 0 Å². The standard InChI is InChI=1S/C13H26BrN/c1-4-13(5-2,10-14)11-15-9-7-6-8-12(15)3/h12H,4-11H2,1-3H3. The number of hydrogen-bond donors (Lipinski definition) is 0. The Balaban J connectivity index is 2.56. The van der Waals surface area contributed by atoms with Gasteiger partial charge >= 0.3 is 0 Å². The molecule has 0 aromatic carbocycles. The van der Waals surface area contributed by atoms with Crippen molar-refractivity contribution in [2.45, 2.75) is 58.9 Å². The van der Waals surface area contributed by atoms with Gasteiger partial charge in [0, 0.05) is 17.9 Å². The van der Waals surface area contributed by atoms with Crippen LogP contribution in [0.3, 0.4) is 0 Å². The maximum atomic E-state index is 3.71. The predicted molar refractivity (Wildman–Crippen MR) is 71.7 cm³/mol. The third-order valence-corrected chi connectivity index (χ3v) is 5.45. The first-order valence-electron chi connectivity index (χ1n) is 6.47. The number of rotatable bonds is 5. The fraction of sp³-hybridized carbons (Fsp3) is 1.00. The van der Waals surface area contributed by atoms with Crippen LogP contribution in [0.4, 0.5) is 0 Å². The van der Waals surface area contributed by atoms with Gasteiger partial charge in [-0.25, -0.2) is 0 Å². The number of hydrogen-bond acceptors (Lipinski definition) is 1. The van der Waals surface area contributed by atoms with E-state index in [1.807, 2.05) is 0 Å². The molecule has 0 aromatic rings. The van der Waals surface area contributed by atoms with Gasteiger partial charge in [0.1, 0.15) is 0 Å². The van der Waals surface area contributed by atoms with E-state index in [2.05, 4.69) is 41.6 Å². The first kappa shape index (κ1) is 13.5. The highest BCUT2D eigenvalue weighted by Gasteiger charge is 2.30. The molecule has 0 saturated carbocycles. The van der Waals surface area contributed by atoms with Crippen LogP contribution in [0.5, 0.6) is 0 Å². The highest BCUT2D eigenvalue weighted by molar-refractivity contribution is 9.09. The predicted octanol–water partition coefficient (Wildman–Crippen LogP) is 4.06. The van der Waals surface area contributed by atoms with Crippen molar-refractivity contribution in [3.63, 3.8) is 0 Å². The van der Waals surface area contributed by atoms with E-state index >= 15 is 0 Å². The van der Waals surface area contributed by atoms with E-state index in [4.69, 9.17) is 0 Å². The summed E-state index contributed by atoms with van der Waals surface area (Å²) in [4.78, 5) is 2.71. The minimum Gasteiger partial charge on any atom is -0.300 e. The topological polar surface area (TPSA) is 3.24 Å². The minimum atomic E-state index is 0.506. The molecule has 0 amide bonds. The molecule has 0 aromatic heterocycles. The summed E-state index contributed by atoms with van der Waals surface area (Å²) in [6, 6.07) is 0.801. The molecule has 1 fully saturated rings. The molecule has 1 atom stereocenters. The zero-order valence-corrected chi connectivity index (χ0v) is 12.1. The van der Waals surface area contributed by atoms with E-state index < -0.39 is 0 Å². The van der Waals surface area contributed by atoms with Crippen LogP contribution in [-0.4, -0.2) is 29.4 Å². The largest absolute Gasteiger partial charge is 0.300 e. The Bertz CT molecular complexity index is 169. The zero-order chi connectivity index (χ0) is 11.3. The normalized spacial score (nSPS) is 24.4. The number of nitrogens with zero attached hydrogens (tertiary/aromatic N) is 1. The SMILES string of the molecule is CCC(CC)(CBr)CN1CCCCC1C. The third kappa shape index (κ3) is 3.45. The van der Waals surface area contributed by atoms with E-state index in [9.17, 15) is 0 Å². The van der Waals surface area contributed by atoms with Gasteiger partial charge in [-0.1, -0.05) is 36.2 Å². The number of alkyl halides is 1. The zero-order valence-electron chi connectivity index (χ0n) is 10.6. The molecule has 1 unspecified atom stereocenters. The molecule has 15 heavy (non-hydrogen) atoms. The van der Waals surface area contributed by atoms with Crippen LogP contribution in [0.25, 0.3) is 0 Å². The Morgan fingerprint density at radius 2 is 1.93 bits per heavy atom. The van der Waals surface area contributed by atoms with Gasteiger partial charge in [0.15, 0.2) is 0 Å². The molecule has 0 radical (unpaired) electrons. The van der Waals surface area contributed by atoms with Crippen LogP contribution < -0.4 is 0 Å². The van der Waals surface area contributed by atoms with E-state index in [1.54, 1.807) is 0 Å². The molecule has 1 heterocycles. The smallest absolute Gasteiger partial charge is 0.01000 e. The molecule has 1 rings (SSSR count). The molecule has 1 aliphatic rings. The molecule has 0 N–H and O–H groups in total. The van der Waals surface area contributed by atoms with E-state index in [1.165, 1.54) is 45.2 Å². The van der Waals surface area contributed by atoms with E-state index in [0.717, 1.165) is 11.4 Å². The van der Waals surface area contributed by atoms with Crippen LogP contribution in [0, 0.1) is 5.41 Å². The number of likely N-dealkylation sites (tertiary alicyclic amines) is 1. The molecular weight excluding hydrogens is 250 g/mol. The monoisotopic (exact) mass is 275 g/mol. The van der Waals surface area contributed by atoms with Crippen molar-refractivity contribution >= 4 is 15.9 Å². The van der Waals surface area contributed by atoms with Crippen molar-refractivity contribution in [2.24, 2.45) is 5.41 Å². The molecule has 1 nitrogen and oxygen atoms in total. The first-order valence-corrected chi connectivity index (χ1v) is 7.59. The molecule has 1 saturated heterocycles. The lowest BCUT2D eigenvalue weighted by atomic mass is 9.83. The quantitative estimate of drug-likeness (QED) is 0.684. The van der Waals surface area contributed by atoms with Gasteiger partial charge in [0.2, 0.25) is 0 Å². The molecule has 90 valence electrons. The molecule has 0 aliphatic carbocycles. The summed E-state index contributed by atoms with van der Waals surface area (Å²) in [7, 11) is 0. The molecular formula is C13H26BrN. The first-order chi connectivity index (χ1) is 7.17. The van der Waals surface area contributed by atoms with Gasteiger partial charge in [-0.15, -0.1) is 0 Å². The van der Waals surface area contributed by atoms with Gasteiger partial charge in [-0.2, -0.15) is 0 Å². The van der Waals surface area contributed by atoms with Crippen molar-refractivity contribution < 1.29 is 0 Å². The van der Waals surface area contributed by atoms with Gasteiger partial charge < -0.3 is 4.90 Å². The second-order valence-electron chi connectivity index (χ2n) is 5.16. The maximum Gasteiger partial charge on any atom is 0.01000 e. The summed E-state index contributed by atoms with van der Waals surface area (Å²) in [6.45, 7) is 9.66. The Kier molecular flexibility index (Phi) is 5.62. The lowest BCUT2D eigenvalue weighted by Crippen LogP contribution is -2.45. The van der Waals surface area contributed by atoms with E-state index in [0.29, 0.717) is 5.41 Å². The summed E-state index contributed by atoms with van der Waals surface area (Å²) >= 11 is 3.71. The van der Waals surface area contributed by atoms with Crippen LogP contribution in [0.15, 0.2) is 0 Å². The van der Waals surface area contributed by atoms with Crippen LogP contribution in [0.1, 0.15) is 52.9 Å². The lowest BCUT2D eigenvalue weighted by Gasteiger charge is -2.41. The lowest BCUT2D eigenvalue weighted by molar-refractivity contribution is 0.0947. The summed E-state index contributed by atoms with van der Waals surface area (Å²) in [5, 5.41) is 1.15. The Morgan fingerprint density at radius 3 is 2.40 bits per heavy atom. The molecule has 1 aliphatic heterocycles. The third-order valence-electron chi connectivity index (χ3n) is 4.26. The van der Waals surface area contributed by atoms with Gasteiger partial charge in [-0.3, -0.25) is 0 Å². The van der Waals surface area contributed by atoms with Crippen molar-refractivity contribution in [1.29, 1.82) is 0 Å². The van der Waals surface area contributed by atoms with Crippen molar-refractivity contribution in [3.8, 4) is 0 Å². The fourth-order valence-electron chi connectivity index (χ4n) is 2.53. The number of piperidine rings is 1. The highest BCUT2D eigenvalue weighted by atomic mass is 79.9. The maximum absolute atomic E-state index is 3.71. The summed E-state index contributed by atoms with van der Waals surface area (Å²) < 4.78 is 0. The molecule has 2 heteroatoms. The minimum absolute atomic E-state index is 0.506. The summed E-state index contributed by atoms with van der Waals surface area (Å²) in [6.07, 6.45) is 6.80. The second kappa shape index (κ2) is 6.24. The average Bonchev–Trinajstić information content (AvgIpc) is 2.29. The highest BCUT2D eigenvalue weighted by Crippen LogP contribution is 2.32. The summed E-state index contributed by atoms with van der Waals surface area (Å²) in [5.41, 5.74) is 0.506. The second-order valence-corrected chi connectivity index (χ2v) is 5.72.